The van der Waals surface area contributed by atoms with Gasteiger partial charge in [-0.05, 0) is 62.2 Å². The van der Waals surface area contributed by atoms with Crippen LogP contribution in [0.25, 0.3) is 17.4 Å². The smallest absolute Gasteiger partial charge is 0.338 e. The van der Waals surface area contributed by atoms with E-state index in [1.54, 1.807) is 56.3 Å². The van der Waals surface area contributed by atoms with Crippen LogP contribution in [0.3, 0.4) is 0 Å². The number of fused-ring (bicyclic) bond motifs is 1. The Kier molecular flexibility index (Phi) is 8.65. The Balaban J connectivity index is 1.68. The summed E-state index contributed by atoms with van der Waals surface area (Å²) in [6.07, 6.45) is 2.83. The average Bonchev–Trinajstić information content (AvgIpc) is 3.56. The monoisotopic (exact) mass is 621 g/mol. The maximum atomic E-state index is 14.0. The zero-order chi connectivity index (χ0) is 30.8. The summed E-state index contributed by atoms with van der Waals surface area (Å²) in [6.45, 7) is 5.62. The number of nitro benzene ring substituents is 1. The summed E-state index contributed by atoms with van der Waals surface area (Å²) in [4.78, 5) is 43.3. The van der Waals surface area contributed by atoms with Gasteiger partial charge in [-0.2, -0.15) is 0 Å². The molecule has 1 aliphatic heterocycles. The first-order chi connectivity index (χ1) is 20.7. The molecule has 0 N–H and O–H groups in total. The third-order valence-electron chi connectivity index (χ3n) is 6.96. The highest BCUT2D eigenvalue weighted by Gasteiger charge is 2.36. The summed E-state index contributed by atoms with van der Waals surface area (Å²) in [7, 11) is 1.51. The molecular formula is C31H28ClN3O7S. The van der Waals surface area contributed by atoms with E-state index in [4.69, 9.17) is 30.5 Å². The van der Waals surface area contributed by atoms with Crippen LogP contribution >= 0.6 is 22.9 Å². The zero-order valence-electron chi connectivity index (χ0n) is 23.9. The van der Waals surface area contributed by atoms with Crippen LogP contribution < -0.4 is 19.6 Å². The number of nitro groups is 1. The largest absolute Gasteiger partial charge is 0.496 e. The number of thiazole rings is 1. The number of methoxy groups -OCH3 is 1. The van der Waals surface area contributed by atoms with E-state index in [2.05, 4.69) is 0 Å². The van der Waals surface area contributed by atoms with Gasteiger partial charge in [-0.1, -0.05) is 36.3 Å². The predicted octanol–water partition coefficient (Wildman–Crippen LogP) is 5.72. The molecule has 0 radical (unpaired) electrons. The molecule has 2 aromatic heterocycles. The van der Waals surface area contributed by atoms with Crippen LogP contribution in [0, 0.1) is 17.0 Å². The van der Waals surface area contributed by atoms with Gasteiger partial charge in [0.15, 0.2) is 4.80 Å². The molecule has 0 saturated heterocycles. The third kappa shape index (κ3) is 5.78. The van der Waals surface area contributed by atoms with E-state index >= 15 is 0 Å². The lowest BCUT2D eigenvalue weighted by atomic mass is 9.93. The number of aromatic nitrogens is 1. The van der Waals surface area contributed by atoms with E-state index in [9.17, 15) is 19.7 Å². The van der Waals surface area contributed by atoms with Gasteiger partial charge in [0.05, 0.1) is 34.4 Å². The zero-order valence-corrected chi connectivity index (χ0v) is 25.5. The number of esters is 1. The lowest BCUT2D eigenvalue weighted by molar-refractivity contribution is -0.384. The number of ether oxygens (including phenoxy) is 2. The molecule has 0 fully saturated rings. The number of allylic oxidation sites excluding steroid dienone is 1. The minimum atomic E-state index is -0.887. The fourth-order valence-corrected chi connectivity index (χ4v) is 6.26. The highest BCUT2D eigenvalue weighted by Crippen LogP contribution is 2.38. The molecular weight excluding hydrogens is 594 g/mol. The fraction of sp³-hybridized carbons (Fsp3) is 0.258. The number of carbonyl (C=O) groups is 1. The topological polar surface area (TPSA) is 126 Å². The van der Waals surface area contributed by atoms with Crippen molar-refractivity contribution in [2.45, 2.75) is 39.7 Å². The number of hydrogen-bond acceptors (Lipinski definition) is 9. The molecule has 43 heavy (non-hydrogen) atoms. The Labute approximate surface area is 255 Å². The molecule has 0 saturated carbocycles. The number of hydrogen-bond donors (Lipinski definition) is 0. The fourth-order valence-electron chi connectivity index (χ4n) is 5.08. The van der Waals surface area contributed by atoms with Crippen molar-refractivity contribution in [3.05, 3.63) is 112 Å². The molecule has 5 rings (SSSR count). The summed E-state index contributed by atoms with van der Waals surface area (Å²) in [5.41, 5.74) is 2.32. The molecule has 0 unspecified atom stereocenters. The van der Waals surface area contributed by atoms with Crippen LogP contribution in [-0.2, 0) is 9.53 Å². The highest BCUT2D eigenvalue weighted by molar-refractivity contribution is 7.07. The normalized spacial score (nSPS) is 14.8. The van der Waals surface area contributed by atoms with Crippen molar-refractivity contribution < 1.29 is 23.6 Å². The van der Waals surface area contributed by atoms with Crippen LogP contribution in [0.4, 0.5) is 5.69 Å². The Morgan fingerprint density at radius 1 is 1.21 bits per heavy atom. The van der Waals surface area contributed by atoms with E-state index in [0.29, 0.717) is 66.9 Å². The molecule has 2 aromatic carbocycles. The summed E-state index contributed by atoms with van der Waals surface area (Å²) in [5.74, 6) is 0.805. The van der Waals surface area contributed by atoms with Gasteiger partial charge in [0.2, 0.25) is 0 Å². The molecule has 0 bridgehead atoms. The lowest BCUT2D eigenvalue weighted by Crippen LogP contribution is -2.40. The van der Waals surface area contributed by atoms with Gasteiger partial charge in [0.25, 0.3) is 11.2 Å². The van der Waals surface area contributed by atoms with Gasteiger partial charge >= 0.3 is 5.97 Å². The number of rotatable bonds is 9. The van der Waals surface area contributed by atoms with Crippen LogP contribution in [0.5, 0.6) is 5.75 Å². The number of nitrogens with zero attached hydrogens (tertiary/aromatic N) is 3. The van der Waals surface area contributed by atoms with Gasteiger partial charge in [0, 0.05) is 34.4 Å². The van der Waals surface area contributed by atoms with Crippen LogP contribution in [0.15, 0.2) is 74.0 Å². The molecule has 1 atom stereocenters. The van der Waals surface area contributed by atoms with Crippen LogP contribution in [-0.4, -0.2) is 29.2 Å². The molecule has 12 heteroatoms. The van der Waals surface area contributed by atoms with Crippen molar-refractivity contribution in [1.82, 2.24) is 4.57 Å². The molecule has 0 amide bonds. The molecule has 0 spiro atoms. The Morgan fingerprint density at radius 3 is 2.67 bits per heavy atom. The molecule has 10 nitrogen and oxygen atoms in total. The minimum Gasteiger partial charge on any atom is -0.496 e. The Bertz CT molecular complexity index is 1950. The van der Waals surface area contributed by atoms with Crippen molar-refractivity contribution in [3.63, 3.8) is 0 Å². The van der Waals surface area contributed by atoms with Gasteiger partial charge in [0.1, 0.15) is 23.3 Å². The van der Waals surface area contributed by atoms with Gasteiger partial charge in [-0.15, -0.1) is 0 Å². The van der Waals surface area contributed by atoms with Crippen LogP contribution in [0.2, 0.25) is 5.02 Å². The van der Waals surface area contributed by atoms with E-state index < -0.39 is 16.9 Å². The van der Waals surface area contributed by atoms with E-state index in [0.717, 1.165) is 0 Å². The maximum Gasteiger partial charge on any atom is 0.338 e. The molecule has 222 valence electrons. The molecule has 4 aromatic rings. The lowest BCUT2D eigenvalue weighted by Gasteiger charge is -2.27. The molecule has 1 aliphatic rings. The van der Waals surface area contributed by atoms with Crippen molar-refractivity contribution in [2.24, 2.45) is 4.99 Å². The number of halogens is 1. The number of furan rings is 1. The van der Waals surface area contributed by atoms with Crippen LogP contribution in [0.1, 0.15) is 49.6 Å². The first-order valence-corrected chi connectivity index (χ1v) is 14.8. The maximum absolute atomic E-state index is 14.0. The Morgan fingerprint density at radius 2 is 2.00 bits per heavy atom. The average molecular weight is 622 g/mol. The predicted molar refractivity (Wildman–Crippen MR) is 163 cm³/mol. The SMILES string of the molecule is CCCC1=C(C(=O)OCC)[C@@H](c2cc(Cl)ccc2OC)n2c(s/c(=C/c3ccc(-c4ccc([N+](=O)[O-])cc4C)o3)c2=O)=N1. The van der Waals surface area contributed by atoms with Crippen molar-refractivity contribution in [3.8, 4) is 17.1 Å². The third-order valence-corrected chi connectivity index (χ3v) is 8.18. The highest BCUT2D eigenvalue weighted by atomic mass is 35.5. The number of aryl methyl sites for hydroxylation is 1. The standard InChI is InChI=1S/C31H28ClN3O7S/c1-5-7-23-27(30(37)41-6-2)28(22-15-18(32)8-12-24(22)40-4)34-29(36)26(43-31(34)33-23)16-20-10-13-25(42-20)21-11-9-19(35(38)39)14-17(21)3/h8-16,28H,5-7H2,1-4H3/b26-16+/t28-/m1/s1. The first kappa shape index (κ1) is 30.0. The van der Waals surface area contributed by atoms with E-state index in [-0.39, 0.29) is 23.4 Å². The van der Waals surface area contributed by atoms with Gasteiger partial charge < -0.3 is 13.9 Å². The second-order valence-corrected chi connectivity index (χ2v) is 11.2. The quantitative estimate of drug-likeness (QED) is 0.133. The summed E-state index contributed by atoms with van der Waals surface area (Å²) >= 11 is 7.57. The second-order valence-electron chi connectivity index (χ2n) is 9.76. The Hall–Kier alpha value is -4.48. The number of benzene rings is 2. The second kappa shape index (κ2) is 12.4. The van der Waals surface area contributed by atoms with Crippen molar-refractivity contribution >= 4 is 40.7 Å². The van der Waals surface area contributed by atoms with Crippen molar-refractivity contribution in [2.75, 3.05) is 13.7 Å². The minimum absolute atomic E-state index is 0.00958. The summed E-state index contributed by atoms with van der Waals surface area (Å²) < 4.78 is 18.9. The molecule has 3 heterocycles. The summed E-state index contributed by atoms with van der Waals surface area (Å²) in [5, 5.41) is 11.5. The number of carbonyl (C=O) groups excluding carboxylic acids is 1. The van der Waals surface area contributed by atoms with Gasteiger partial charge in [-0.25, -0.2) is 9.79 Å². The molecule has 0 aliphatic carbocycles. The van der Waals surface area contributed by atoms with E-state index in [1.807, 2.05) is 6.92 Å². The van der Waals surface area contributed by atoms with E-state index in [1.165, 1.54) is 35.1 Å². The number of non-ortho nitro benzene ring substituents is 1. The summed E-state index contributed by atoms with van der Waals surface area (Å²) in [6, 6.07) is 12.2. The van der Waals surface area contributed by atoms with Gasteiger partial charge in [-0.3, -0.25) is 19.5 Å². The van der Waals surface area contributed by atoms with Crippen molar-refractivity contribution in [1.29, 1.82) is 0 Å². The first-order valence-electron chi connectivity index (χ1n) is 13.6.